The molecule has 0 atom stereocenters. The van der Waals surface area contributed by atoms with Gasteiger partial charge in [0.25, 0.3) is 0 Å². The van der Waals surface area contributed by atoms with Gasteiger partial charge in [-0.25, -0.2) is 9.59 Å². The first-order chi connectivity index (χ1) is 5.43. The summed E-state index contributed by atoms with van der Waals surface area (Å²) in [6, 6.07) is 0. The van der Waals surface area contributed by atoms with Crippen LogP contribution in [0, 0.1) is 0 Å². The van der Waals surface area contributed by atoms with Crippen LogP contribution in [0.4, 0.5) is 0 Å². The summed E-state index contributed by atoms with van der Waals surface area (Å²) in [7, 11) is 0. The first-order valence-electron chi connectivity index (χ1n) is 2.80. The Morgan fingerprint density at radius 2 is 1.69 bits per heavy atom. The summed E-state index contributed by atoms with van der Waals surface area (Å²) in [5.74, 6) is -4.72. The summed E-state index contributed by atoms with van der Waals surface area (Å²) >= 11 is 0. The van der Waals surface area contributed by atoms with E-state index in [2.05, 4.69) is 0 Å². The third-order valence-electron chi connectivity index (χ3n) is 0.907. The zero-order chi connectivity index (χ0) is 9.72. The molecule has 0 spiro atoms. The van der Waals surface area contributed by atoms with Gasteiger partial charge in [0.05, 0.1) is 0 Å². The number of carbonyl (C=O) groups excluding carboxylic acids is 1. The standard InChI is InChI=1S/C6H6O6.Na/c7-4(8)1-3(6(11)12)2-5(9)10;/h1H,2H2,(H,7,8)(H,9,10)(H,11,12);/q;+1/p-1. The SMILES string of the molecule is O=C(O)C=C(CC(=O)[O-])C(=O)O.[Na+]. The molecule has 6 nitrogen and oxygen atoms in total. The monoisotopic (exact) mass is 196 g/mol. The van der Waals surface area contributed by atoms with Gasteiger partial charge in [0.15, 0.2) is 0 Å². The van der Waals surface area contributed by atoms with Crippen LogP contribution in [0.2, 0.25) is 0 Å². The van der Waals surface area contributed by atoms with Gasteiger partial charge in [-0.05, 0) is 0 Å². The van der Waals surface area contributed by atoms with E-state index < -0.39 is 29.9 Å². The fraction of sp³-hybridized carbons (Fsp3) is 0.167. The molecule has 0 fully saturated rings. The minimum atomic E-state index is -1.63. The largest absolute Gasteiger partial charge is 1.00 e. The van der Waals surface area contributed by atoms with E-state index in [0.717, 1.165) is 0 Å². The second-order valence-corrected chi connectivity index (χ2v) is 1.86. The number of hydrogen-bond donors (Lipinski definition) is 2. The summed E-state index contributed by atoms with van der Waals surface area (Å²) in [4.78, 5) is 30.0. The topological polar surface area (TPSA) is 115 Å². The maximum absolute atomic E-state index is 10.1. The minimum absolute atomic E-state index is 0. The Morgan fingerprint density at radius 3 is 1.92 bits per heavy atom. The van der Waals surface area contributed by atoms with Crippen molar-refractivity contribution in [2.45, 2.75) is 6.42 Å². The van der Waals surface area contributed by atoms with Crippen molar-refractivity contribution in [1.29, 1.82) is 0 Å². The summed E-state index contributed by atoms with van der Waals surface area (Å²) < 4.78 is 0. The number of carboxylic acids is 3. The van der Waals surface area contributed by atoms with E-state index in [1.54, 1.807) is 0 Å². The van der Waals surface area contributed by atoms with Crippen LogP contribution in [-0.4, -0.2) is 28.1 Å². The van der Waals surface area contributed by atoms with Crippen LogP contribution in [0.5, 0.6) is 0 Å². The molecule has 0 aliphatic heterocycles. The van der Waals surface area contributed by atoms with Crippen molar-refractivity contribution >= 4 is 17.9 Å². The molecular weight excluding hydrogens is 191 g/mol. The average Bonchev–Trinajstić information content (AvgIpc) is 1.83. The summed E-state index contributed by atoms with van der Waals surface area (Å²) in [5.41, 5.74) is -0.720. The van der Waals surface area contributed by atoms with E-state index in [9.17, 15) is 19.5 Å². The predicted octanol–water partition coefficient (Wildman–Crippen LogP) is -4.77. The van der Waals surface area contributed by atoms with Gasteiger partial charge in [-0.1, -0.05) is 0 Å². The maximum atomic E-state index is 10.1. The van der Waals surface area contributed by atoms with Gasteiger partial charge in [-0.15, -0.1) is 0 Å². The molecule has 0 aliphatic rings. The molecule has 0 aromatic rings. The normalized spacial score (nSPS) is 10.0. The van der Waals surface area contributed by atoms with Crippen molar-refractivity contribution in [2.24, 2.45) is 0 Å². The van der Waals surface area contributed by atoms with E-state index in [-0.39, 0.29) is 29.6 Å². The second kappa shape index (κ2) is 6.64. The average molecular weight is 196 g/mol. The molecule has 0 aromatic heterocycles. The van der Waals surface area contributed by atoms with Gasteiger partial charge in [0.1, 0.15) is 0 Å². The van der Waals surface area contributed by atoms with Crippen LogP contribution in [0.25, 0.3) is 0 Å². The van der Waals surface area contributed by atoms with Crippen molar-refractivity contribution in [3.63, 3.8) is 0 Å². The molecule has 0 bridgehead atoms. The van der Waals surface area contributed by atoms with E-state index >= 15 is 0 Å². The van der Waals surface area contributed by atoms with E-state index in [4.69, 9.17) is 10.2 Å². The quantitative estimate of drug-likeness (QED) is 0.344. The zero-order valence-electron chi connectivity index (χ0n) is 6.81. The number of carbonyl (C=O) groups is 3. The summed E-state index contributed by atoms with van der Waals surface area (Å²) in [5, 5.41) is 26.2. The summed E-state index contributed by atoms with van der Waals surface area (Å²) in [6.45, 7) is 0. The smallest absolute Gasteiger partial charge is 0.550 e. The van der Waals surface area contributed by atoms with Crippen molar-refractivity contribution < 1.29 is 59.3 Å². The zero-order valence-corrected chi connectivity index (χ0v) is 8.81. The van der Waals surface area contributed by atoms with E-state index in [1.165, 1.54) is 0 Å². The molecule has 0 radical (unpaired) electrons. The maximum Gasteiger partial charge on any atom is 1.00 e. The van der Waals surface area contributed by atoms with E-state index in [1.807, 2.05) is 0 Å². The van der Waals surface area contributed by atoms with Gasteiger partial charge in [0.2, 0.25) is 0 Å². The fourth-order valence-corrected chi connectivity index (χ4v) is 0.493. The molecule has 0 saturated carbocycles. The van der Waals surface area contributed by atoms with E-state index in [0.29, 0.717) is 6.08 Å². The van der Waals surface area contributed by atoms with Gasteiger partial charge < -0.3 is 20.1 Å². The van der Waals surface area contributed by atoms with Crippen LogP contribution < -0.4 is 34.7 Å². The first-order valence-corrected chi connectivity index (χ1v) is 2.80. The first kappa shape index (κ1) is 14.7. The molecule has 0 aromatic carbocycles. The molecule has 13 heavy (non-hydrogen) atoms. The Labute approximate surface area is 95.2 Å². The summed E-state index contributed by atoms with van der Waals surface area (Å²) in [6.07, 6.45) is -0.597. The van der Waals surface area contributed by atoms with Crippen LogP contribution in [0.3, 0.4) is 0 Å². The van der Waals surface area contributed by atoms with Crippen molar-refractivity contribution in [1.82, 2.24) is 0 Å². The van der Waals surface area contributed by atoms with Crippen LogP contribution >= 0.6 is 0 Å². The van der Waals surface area contributed by atoms with Crippen LogP contribution in [0.15, 0.2) is 11.6 Å². The predicted molar refractivity (Wildman–Crippen MR) is 33.0 cm³/mol. The molecule has 0 unspecified atom stereocenters. The van der Waals surface area contributed by atoms with Gasteiger partial charge >= 0.3 is 41.5 Å². The molecule has 2 N–H and O–H groups in total. The Kier molecular flexibility index (Phi) is 7.49. The fourth-order valence-electron chi connectivity index (χ4n) is 0.493. The molecule has 0 amide bonds. The van der Waals surface area contributed by atoms with Crippen LogP contribution in [-0.2, 0) is 14.4 Å². The van der Waals surface area contributed by atoms with Crippen molar-refractivity contribution in [2.75, 3.05) is 0 Å². The Hall–Kier alpha value is -0.850. The Balaban J connectivity index is 0. The van der Waals surface area contributed by atoms with Gasteiger partial charge in [-0.2, -0.15) is 0 Å². The van der Waals surface area contributed by atoms with Gasteiger partial charge in [-0.3, -0.25) is 0 Å². The van der Waals surface area contributed by atoms with Gasteiger partial charge in [0, 0.05) is 24.0 Å². The molecule has 66 valence electrons. The third-order valence-corrected chi connectivity index (χ3v) is 0.907. The van der Waals surface area contributed by atoms with Crippen molar-refractivity contribution in [3.8, 4) is 0 Å². The molecule has 0 heterocycles. The molecule has 7 heteroatoms. The number of aliphatic carboxylic acids is 3. The third kappa shape index (κ3) is 7.51. The number of carboxylic acid groups (broad SMARTS) is 3. The van der Waals surface area contributed by atoms with Crippen LogP contribution in [0.1, 0.15) is 6.42 Å². The second-order valence-electron chi connectivity index (χ2n) is 1.86. The molecule has 0 aliphatic carbocycles. The Bertz CT molecular complexity index is 256. The van der Waals surface area contributed by atoms with Crippen molar-refractivity contribution in [3.05, 3.63) is 11.6 Å². The minimum Gasteiger partial charge on any atom is -0.550 e. The Morgan fingerprint density at radius 1 is 1.23 bits per heavy atom. The molecule has 0 saturated heterocycles. The molecular formula is C6H5NaO6. The molecule has 0 rings (SSSR count). The number of rotatable bonds is 4. The number of hydrogen-bond acceptors (Lipinski definition) is 4.